The molecule has 3 heteroatoms. The predicted octanol–water partition coefficient (Wildman–Crippen LogP) is 2.74. The lowest BCUT2D eigenvalue weighted by Crippen LogP contribution is -2.50. The highest BCUT2D eigenvalue weighted by Gasteiger charge is 2.35. The van der Waals surface area contributed by atoms with Gasteiger partial charge in [0.25, 0.3) is 0 Å². The Balaban J connectivity index is 2.05. The van der Waals surface area contributed by atoms with E-state index in [2.05, 4.69) is 4.90 Å². The average Bonchev–Trinajstić information content (AvgIpc) is 2.37. The van der Waals surface area contributed by atoms with Gasteiger partial charge in [-0.3, -0.25) is 9.69 Å². The molecule has 1 atom stereocenters. The molecule has 20 heavy (non-hydrogen) atoms. The molecule has 1 fully saturated rings. The van der Waals surface area contributed by atoms with E-state index in [1.807, 2.05) is 51.1 Å². The molecule has 0 saturated carbocycles. The van der Waals surface area contributed by atoms with E-state index in [4.69, 9.17) is 0 Å². The Morgan fingerprint density at radius 2 is 2.00 bits per heavy atom. The molecular weight excluding hydrogens is 250 g/mol. The van der Waals surface area contributed by atoms with Gasteiger partial charge in [0.2, 0.25) is 0 Å². The van der Waals surface area contributed by atoms with Crippen molar-refractivity contribution in [3.63, 3.8) is 0 Å². The van der Waals surface area contributed by atoms with Gasteiger partial charge in [0.05, 0.1) is 5.60 Å². The van der Waals surface area contributed by atoms with Gasteiger partial charge in [0, 0.05) is 24.1 Å². The van der Waals surface area contributed by atoms with E-state index in [1.54, 1.807) is 0 Å². The van der Waals surface area contributed by atoms with Crippen LogP contribution in [-0.2, 0) is 0 Å². The Bertz CT molecular complexity index is 465. The molecule has 3 nitrogen and oxygen atoms in total. The second-order valence-electron chi connectivity index (χ2n) is 6.89. The first-order valence-electron chi connectivity index (χ1n) is 7.35. The fourth-order valence-corrected chi connectivity index (χ4v) is 3.07. The molecule has 1 aromatic carbocycles. The third kappa shape index (κ3) is 3.68. The van der Waals surface area contributed by atoms with Crippen molar-refractivity contribution in [2.75, 3.05) is 19.6 Å². The van der Waals surface area contributed by atoms with E-state index in [0.29, 0.717) is 13.1 Å². The first kappa shape index (κ1) is 15.2. The molecule has 1 aliphatic rings. The zero-order valence-electron chi connectivity index (χ0n) is 12.7. The van der Waals surface area contributed by atoms with Gasteiger partial charge in [-0.1, -0.05) is 44.2 Å². The SMILES string of the molecule is CC1(O)CCCN(CC(C)(C)C(=O)c2ccccc2)C1. The van der Waals surface area contributed by atoms with Crippen LogP contribution in [0.3, 0.4) is 0 Å². The van der Waals surface area contributed by atoms with Gasteiger partial charge in [-0.25, -0.2) is 0 Å². The first-order valence-corrected chi connectivity index (χ1v) is 7.35. The maximum absolute atomic E-state index is 12.6. The molecule has 2 rings (SSSR count). The first-order chi connectivity index (χ1) is 9.30. The van der Waals surface area contributed by atoms with Gasteiger partial charge >= 0.3 is 0 Å². The summed E-state index contributed by atoms with van der Waals surface area (Å²) in [6.07, 6.45) is 1.83. The Morgan fingerprint density at radius 1 is 1.35 bits per heavy atom. The number of β-amino-alcohol motifs (C(OH)–C–C–N with tert-alkyl or cyclic N) is 1. The van der Waals surface area contributed by atoms with E-state index >= 15 is 0 Å². The van der Waals surface area contributed by atoms with Gasteiger partial charge in [-0.2, -0.15) is 0 Å². The lowest BCUT2D eigenvalue weighted by Gasteiger charge is -2.40. The number of Topliss-reactive ketones (excluding diaryl/α,β-unsaturated/α-hetero) is 1. The van der Waals surface area contributed by atoms with Crippen LogP contribution in [0.1, 0.15) is 44.0 Å². The van der Waals surface area contributed by atoms with Crippen LogP contribution >= 0.6 is 0 Å². The Hall–Kier alpha value is -1.19. The third-order valence-electron chi connectivity index (χ3n) is 4.02. The highest BCUT2D eigenvalue weighted by atomic mass is 16.3. The number of aliphatic hydroxyl groups is 1. The van der Waals surface area contributed by atoms with E-state index in [9.17, 15) is 9.90 Å². The van der Waals surface area contributed by atoms with E-state index in [0.717, 1.165) is 24.9 Å². The number of rotatable bonds is 4. The number of nitrogens with zero attached hydrogens (tertiary/aromatic N) is 1. The van der Waals surface area contributed by atoms with E-state index in [-0.39, 0.29) is 5.78 Å². The van der Waals surface area contributed by atoms with Crippen LogP contribution in [-0.4, -0.2) is 41.0 Å². The topological polar surface area (TPSA) is 40.5 Å². The van der Waals surface area contributed by atoms with Crippen molar-refractivity contribution >= 4 is 5.78 Å². The van der Waals surface area contributed by atoms with Gasteiger partial charge in [0.15, 0.2) is 5.78 Å². The van der Waals surface area contributed by atoms with Crippen LogP contribution in [0, 0.1) is 5.41 Å². The summed E-state index contributed by atoms with van der Waals surface area (Å²) < 4.78 is 0. The highest BCUT2D eigenvalue weighted by Crippen LogP contribution is 2.27. The second-order valence-corrected chi connectivity index (χ2v) is 6.89. The lowest BCUT2D eigenvalue weighted by atomic mass is 9.82. The van der Waals surface area contributed by atoms with Gasteiger partial charge in [0.1, 0.15) is 0 Å². The van der Waals surface area contributed by atoms with Crippen molar-refractivity contribution in [1.29, 1.82) is 0 Å². The number of piperidine rings is 1. The van der Waals surface area contributed by atoms with E-state index < -0.39 is 11.0 Å². The smallest absolute Gasteiger partial charge is 0.169 e. The minimum absolute atomic E-state index is 0.170. The summed E-state index contributed by atoms with van der Waals surface area (Å²) in [5.41, 5.74) is -0.292. The Kier molecular flexibility index (Phi) is 4.31. The lowest BCUT2D eigenvalue weighted by molar-refractivity contribution is -0.0238. The van der Waals surface area contributed by atoms with Gasteiger partial charge in [-0.05, 0) is 26.3 Å². The molecule has 0 aromatic heterocycles. The molecule has 110 valence electrons. The quantitative estimate of drug-likeness (QED) is 0.859. The summed E-state index contributed by atoms with van der Waals surface area (Å²) >= 11 is 0. The standard InChI is InChI=1S/C17H25NO2/c1-16(2,15(19)14-8-5-4-6-9-14)12-18-11-7-10-17(3,20)13-18/h4-6,8-9,20H,7,10-13H2,1-3H3. The van der Waals surface area contributed by atoms with Crippen molar-refractivity contribution in [2.45, 2.75) is 39.2 Å². The van der Waals surface area contributed by atoms with Crippen LogP contribution in [0.5, 0.6) is 0 Å². The highest BCUT2D eigenvalue weighted by molar-refractivity contribution is 6.00. The van der Waals surface area contributed by atoms with Crippen molar-refractivity contribution in [1.82, 2.24) is 4.90 Å². The number of hydrogen-bond acceptors (Lipinski definition) is 3. The van der Waals surface area contributed by atoms with Crippen LogP contribution < -0.4 is 0 Å². The maximum atomic E-state index is 12.6. The van der Waals surface area contributed by atoms with Crippen LogP contribution in [0.15, 0.2) is 30.3 Å². The average molecular weight is 275 g/mol. The summed E-state index contributed by atoms with van der Waals surface area (Å²) in [4.78, 5) is 14.8. The molecule has 0 aliphatic carbocycles. The monoisotopic (exact) mass is 275 g/mol. The fourth-order valence-electron chi connectivity index (χ4n) is 3.07. The van der Waals surface area contributed by atoms with Gasteiger partial charge in [-0.15, -0.1) is 0 Å². The van der Waals surface area contributed by atoms with Crippen molar-refractivity contribution in [3.05, 3.63) is 35.9 Å². The number of hydrogen-bond donors (Lipinski definition) is 1. The molecule has 1 saturated heterocycles. The van der Waals surface area contributed by atoms with Crippen molar-refractivity contribution in [3.8, 4) is 0 Å². The molecule has 0 spiro atoms. The predicted molar refractivity (Wildman–Crippen MR) is 80.9 cm³/mol. The minimum Gasteiger partial charge on any atom is -0.389 e. The van der Waals surface area contributed by atoms with Gasteiger partial charge < -0.3 is 5.11 Å². The Labute approximate surface area is 121 Å². The molecule has 1 aromatic rings. The second kappa shape index (κ2) is 5.66. The zero-order valence-corrected chi connectivity index (χ0v) is 12.7. The maximum Gasteiger partial charge on any atom is 0.169 e. The fraction of sp³-hybridized carbons (Fsp3) is 0.588. The van der Waals surface area contributed by atoms with Crippen molar-refractivity contribution < 1.29 is 9.90 Å². The number of ketones is 1. The Morgan fingerprint density at radius 3 is 2.60 bits per heavy atom. The number of carbonyl (C=O) groups is 1. The molecule has 1 N–H and O–H groups in total. The van der Waals surface area contributed by atoms with Crippen LogP contribution in [0.2, 0.25) is 0 Å². The van der Waals surface area contributed by atoms with Crippen LogP contribution in [0.25, 0.3) is 0 Å². The molecule has 0 bridgehead atoms. The molecule has 1 heterocycles. The molecule has 1 aliphatic heterocycles. The summed E-state index contributed by atoms with van der Waals surface area (Å²) in [5, 5.41) is 10.2. The largest absolute Gasteiger partial charge is 0.389 e. The molecule has 0 amide bonds. The summed E-state index contributed by atoms with van der Waals surface area (Å²) in [6.45, 7) is 8.17. The normalized spacial score (nSPS) is 24.6. The number of likely N-dealkylation sites (tertiary alicyclic amines) is 1. The van der Waals surface area contributed by atoms with E-state index in [1.165, 1.54) is 0 Å². The van der Waals surface area contributed by atoms with Crippen molar-refractivity contribution in [2.24, 2.45) is 5.41 Å². The summed E-state index contributed by atoms with van der Waals surface area (Å²) in [6, 6.07) is 9.46. The number of carbonyl (C=O) groups excluding carboxylic acids is 1. The van der Waals surface area contributed by atoms with Crippen LogP contribution in [0.4, 0.5) is 0 Å². The molecule has 0 radical (unpaired) electrons. The zero-order chi connectivity index (χ0) is 14.8. The molecular formula is C17H25NO2. The molecule has 1 unspecified atom stereocenters. The summed E-state index contributed by atoms with van der Waals surface area (Å²) in [5.74, 6) is 0.170. The summed E-state index contributed by atoms with van der Waals surface area (Å²) in [7, 11) is 0. The third-order valence-corrected chi connectivity index (χ3v) is 4.02. The number of benzene rings is 1. The minimum atomic E-state index is -0.621.